The molecule has 1 aromatic carbocycles. The first-order valence-corrected chi connectivity index (χ1v) is 9.48. The van der Waals surface area contributed by atoms with Crippen molar-refractivity contribution in [1.29, 1.82) is 0 Å². The van der Waals surface area contributed by atoms with Gasteiger partial charge in [-0.1, -0.05) is 18.2 Å². The number of carbonyl (C=O) groups excluding carboxylic acids is 1. The summed E-state index contributed by atoms with van der Waals surface area (Å²) in [6.07, 6.45) is 6.72. The van der Waals surface area contributed by atoms with E-state index in [1.54, 1.807) is 7.11 Å². The molecule has 0 bridgehead atoms. The predicted molar refractivity (Wildman–Crippen MR) is 105 cm³/mol. The number of pyridine rings is 1. The van der Waals surface area contributed by atoms with Gasteiger partial charge in [0.15, 0.2) is 0 Å². The topological polar surface area (TPSA) is 55.6 Å². The van der Waals surface area contributed by atoms with Crippen molar-refractivity contribution < 1.29 is 9.53 Å². The Morgan fingerprint density at radius 1 is 1.33 bits per heavy atom. The summed E-state index contributed by atoms with van der Waals surface area (Å²) < 4.78 is 7.37. The highest BCUT2D eigenvalue weighted by atomic mass is 16.5. The fraction of sp³-hybridized carbons (Fsp3) is 0.364. The molecule has 0 radical (unpaired) electrons. The number of fused-ring (bicyclic) bond motifs is 1. The summed E-state index contributed by atoms with van der Waals surface area (Å²) in [5.41, 5.74) is 3.38. The molecule has 1 saturated carbocycles. The number of ether oxygens (including phenoxy) is 1. The highest BCUT2D eigenvalue weighted by Crippen LogP contribution is 2.45. The molecule has 1 N–H and O–H groups in total. The standard InChI is InChI=1S/C22H25N3O2/c1-15-11-17(8-9-20(15)27-2)19(16-6-7-16)12-22(26)24-14-21-23-13-18-5-3-4-10-25(18)21/h3-5,8-11,13,16,19H,6-7,12,14H2,1-2H3,(H,24,26). The second-order valence-electron chi connectivity index (χ2n) is 7.32. The molecule has 0 aliphatic heterocycles. The van der Waals surface area contributed by atoms with Crippen molar-refractivity contribution in [3.05, 3.63) is 65.7 Å². The Morgan fingerprint density at radius 3 is 2.93 bits per heavy atom. The zero-order valence-corrected chi connectivity index (χ0v) is 15.8. The third-order valence-corrected chi connectivity index (χ3v) is 5.40. The molecule has 1 aliphatic carbocycles. The summed E-state index contributed by atoms with van der Waals surface area (Å²) in [6.45, 7) is 2.49. The first kappa shape index (κ1) is 17.6. The molecule has 2 heterocycles. The molecule has 5 nitrogen and oxygen atoms in total. The number of hydrogen-bond donors (Lipinski definition) is 1. The number of carbonyl (C=O) groups is 1. The maximum absolute atomic E-state index is 12.6. The van der Waals surface area contributed by atoms with Crippen molar-refractivity contribution in [2.45, 2.75) is 38.6 Å². The second kappa shape index (κ2) is 7.43. The van der Waals surface area contributed by atoms with Gasteiger partial charge in [0.05, 0.1) is 25.4 Å². The number of imidazole rings is 1. The predicted octanol–water partition coefficient (Wildman–Crippen LogP) is 3.85. The highest BCUT2D eigenvalue weighted by molar-refractivity contribution is 5.77. The molecule has 0 saturated heterocycles. The van der Waals surface area contributed by atoms with E-state index in [0.29, 0.717) is 18.9 Å². The van der Waals surface area contributed by atoms with Crippen LogP contribution >= 0.6 is 0 Å². The van der Waals surface area contributed by atoms with Gasteiger partial charge in [0, 0.05) is 12.6 Å². The summed E-state index contributed by atoms with van der Waals surface area (Å²) >= 11 is 0. The van der Waals surface area contributed by atoms with Gasteiger partial charge >= 0.3 is 0 Å². The monoisotopic (exact) mass is 363 g/mol. The zero-order valence-electron chi connectivity index (χ0n) is 15.8. The number of rotatable bonds is 7. The van der Waals surface area contributed by atoms with Crippen LogP contribution in [-0.2, 0) is 11.3 Å². The number of aromatic nitrogens is 2. The fourth-order valence-corrected chi connectivity index (χ4v) is 3.77. The summed E-state index contributed by atoms with van der Waals surface area (Å²) in [7, 11) is 1.69. The summed E-state index contributed by atoms with van der Waals surface area (Å²) in [5, 5.41) is 3.05. The number of nitrogens with zero attached hydrogens (tertiary/aromatic N) is 2. The van der Waals surface area contributed by atoms with Crippen molar-refractivity contribution in [3.8, 4) is 5.75 Å². The molecular weight excluding hydrogens is 338 g/mol. The lowest BCUT2D eigenvalue weighted by molar-refractivity contribution is -0.121. The van der Waals surface area contributed by atoms with Crippen LogP contribution in [0.25, 0.3) is 5.52 Å². The van der Waals surface area contributed by atoms with Gasteiger partial charge in [0.25, 0.3) is 0 Å². The van der Waals surface area contributed by atoms with E-state index in [1.165, 1.54) is 18.4 Å². The van der Waals surface area contributed by atoms with Gasteiger partial charge in [-0.2, -0.15) is 0 Å². The number of methoxy groups -OCH3 is 1. The van der Waals surface area contributed by atoms with Gasteiger partial charge in [-0.3, -0.25) is 4.79 Å². The van der Waals surface area contributed by atoms with E-state index in [9.17, 15) is 4.79 Å². The molecule has 1 unspecified atom stereocenters. The number of nitrogens with one attached hydrogen (secondary N) is 1. The number of aryl methyl sites for hydroxylation is 1. The molecule has 5 heteroatoms. The van der Waals surface area contributed by atoms with Crippen molar-refractivity contribution in [2.24, 2.45) is 5.92 Å². The maximum atomic E-state index is 12.6. The van der Waals surface area contributed by atoms with E-state index in [-0.39, 0.29) is 11.8 Å². The Bertz CT molecular complexity index is 959. The van der Waals surface area contributed by atoms with E-state index < -0.39 is 0 Å². The van der Waals surface area contributed by atoms with Crippen molar-refractivity contribution in [2.75, 3.05) is 7.11 Å². The number of benzene rings is 1. The molecule has 27 heavy (non-hydrogen) atoms. The molecule has 140 valence electrons. The Hall–Kier alpha value is -2.82. The van der Waals surface area contributed by atoms with Crippen LogP contribution in [0.1, 0.15) is 42.1 Å². The van der Waals surface area contributed by atoms with Crippen LogP contribution in [0.4, 0.5) is 0 Å². The maximum Gasteiger partial charge on any atom is 0.220 e. The van der Waals surface area contributed by atoms with Gasteiger partial charge in [0.2, 0.25) is 5.91 Å². The van der Waals surface area contributed by atoms with E-state index >= 15 is 0 Å². The van der Waals surface area contributed by atoms with Crippen LogP contribution in [0.3, 0.4) is 0 Å². The minimum Gasteiger partial charge on any atom is -0.496 e. The lowest BCUT2D eigenvalue weighted by Crippen LogP contribution is -2.26. The second-order valence-corrected chi connectivity index (χ2v) is 7.32. The van der Waals surface area contributed by atoms with Crippen LogP contribution in [0.15, 0.2) is 48.8 Å². The van der Waals surface area contributed by atoms with Crippen LogP contribution in [0.2, 0.25) is 0 Å². The smallest absolute Gasteiger partial charge is 0.220 e. The molecule has 3 aromatic rings. The lowest BCUT2D eigenvalue weighted by atomic mass is 9.89. The third-order valence-electron chi connectivity index (χ3n) is 5.40. The van der Waals surface area contributed by atoms with E-state index in [0.717, 1.165) is 22.7 Å². The Balaban J connectivity index is 1.43. The van der Waals surface area contributed by atoms with Crippen LogP contribution in [0, 0.1) is 12.8 Å². The van der Waals surface area contributed by atoms with Gasteiger partial charge in [0.1, 0.15) is 11.6 Å². The van der Waals surface area contributed by atoms with Crippen LogP contribution in [-0.4, -0.2) is 22.4 Å². The minimum absolute atomic E-state index is 0.0769. The molecule has 2 aromatic heterocycles. The Kier molecular flexibility index (Phi) is 4.84. The van der Waals surface area contributed by atoms with Crippen molar-refractivity contribution in [1.82, 2.24) is 14.7 Å². The summed E-state index contributed by atoms with van der Waals surface area (Å²) in [6, 6.07) is 12.2. The average molecular weight is 363 g/mol. The first-order chi connectivity index (χ1) is 13.2. The zero-order chi connectivity index (χ0) is 18.8. The molecular formula is C22H25N3O2. The largest absolute Gasteiger partial charge is 0.496 e. The Labute approximate surface area is 159 Å². The van der Waals surface area contributed by atoms with Gasteiger partial charge in [-0.15, -0.1) is 0 Å². The van der Waals surface area contributed by atoms with E-state index in [2.05, 4.69) is 29.4 Å². The SMILES string of the molecule is COc1ccc(C(CC(=O)NCc2ncc3ccccn23)C2CC2)cc1C. The van der Waals surface area contributed by atoms with Crippen molar-refractivity contribution in [3.63, 3.8) is 0 Å². The molecule has 4 rings (SSSR count). The third kappa shape index (κ3) is 3.82. The van der Waals surface area contributed by atoms with Gasteiger partial charge in [-0.05, 0) is 60.9 Å². The van der Waals surface area contributed by atoms with E-state index in [1.807, 2.05) is 41.1 Å². The van der Waals surface area contributed by atoms with Crippen LogP contribution < -0.4 is 10.1 Å². The van der Waals surface area contributed by atoms with E-state index in [4.69, 9.17) is 4.74 Å². The molecule has 1 fully saturated rings. The average Bonchev–Trinajstić information content (AvgIpc) is 3.44. The molecule has 0 spiro atoms. The van der Waals surface area contributed by atoms with Crippen LogP contribution in [0.5, 0.6) is 5.75 Å². The summed E-state index contributed by atoms with van der Waals surface area (Å²) in [5.74, 6) is 2.70. The highest BCUT2D eigenvalue weighted by Gasteiger charge is 2.33. The normalized spacial score (nSPS) is 14.9. The molecule has 1 atom stereocenters. The summed E-state index contributed by atoms with van der Waals surface area (Å²) in [4.78, 5) is 17.0. The minimum atomic E-state index is 0.0769. The quantitative estimate of drug-likeness (QED) is 0.694. The molecule has 1 amide bonds. The van der Waals surface area contributed by atoms with Gasteiger partial charge in [-0.25, -0.2) is 4.98 Å². The van der Waals surface area contributed by atoms with Gasteiger partial charge < -0.3 is 14.5 Å². The Morgan fingerprint density at radius 2 is 2.19 bits per heavy atom. The molecule has 1 aliphatic rings. The van der Waals surface area contributed by atoms with Crippen molar-refractivity contribution >= 4 is 11.4 Å². The lowest BCUT2D eigenvalue weighted by Gasteiger charge is -2.18. The number of amides is 1. The first-order valence-electron chi connectivity index (χ1n) is 9.48. The number of hydrogen-bond acceptors (Lipinski definition) is 3. The fourth-order valence-electron chi connectivity index (χ4n) is 3.77.